The van der Waals surface area contributed by atoms with Crippen molar-refractivity contribution < 1.29 is 13.2 Å². The summed E-state index contributed by atoms with van der Waals surface area (Å²) in [5.41, 5.74) is 10.3. The van der Waals surface area contributed by atoms with Gasteiger partial charge in [-0.3, -0.25) is 4.79 Å². The highest BCUT2D eigenvalue weighted by atomic mass is 32.2. The third kappa shape index (κ3) is 3.56. The standard InChI is InChI=1S/C10H18N4O3S/c1-10(2,12)6-13-18(16,17)7-4-8(9(11)15)14(3)5-7/h4-5,13H,6,12H2,1-3H3,(H2,11,15). The molecular weight excluding hydrogens is 256 g/mol. The van der Waals surface area contributed by atoms with Crippen LogP contribution in [0.15, 0.2) is 17.2 Å². The largest absolute Gasteiger partial charge is 0.364 e. The molecule has 7 nitrogen and oxygen atoms in total. The third-order valence-electron chi connectivity index (χ3n) is 2.26. The minimum Gasteiger partial charge on any atom is -0.364 e. The summed E-state index contributed by atoms with van der Waals surface area (Å²) in [5, 5.41) is 0. The molecule has 1 aromatic rings. The summed E-state index contributed by atoms with van der Waals surface area (Å²) in [6.07, 6.45) is 1.33. The van der Waals surface area contributed by atoms with Crippen molar-refractivity contribution in [3.8, 4) is 0 Å². The Labute approximate surface area is 106 Å². The van der Waals surface area contributed by atoms with Gasteiger partial charge in [0.15, 0.2) is 0 Å². The van der Waals surface area contributed by atoms with Crippen molar-refractivity contribution in [2.45, 2.75) is 24.3 Å². The molecule has 0 aliphatic carbocycles. The van der Waals surface area contributed by atoms with Crippen LogP contribution in [-0.4, -0.2) is 31.0 Å². The summed E-state index contributed by atoms with van der Waals surface area (Å²) in [4.78, 5) is 11.0. The first-order valence-electron chi connectivity index (χ1n) is 5.28. The molecule has 1 heterocycles. The van der Waals surface area contributed by atoms with E-state index in [0.717, 1.165) is 0 Å². The van der Waals surface area contributed by atoms with Crippen LogP contribution in [0.3, 0.4) is 0 Å². The first kappa shape index (κ1) is 14.7. The Morgan fingerprint density at radius 3 is 2.44 bits per heavy atom. The third-order valence-corrected chi connectivity index (χ3v) is 3.63. The number of nitrogens with one attached hydrogen (secondary N) is 1. The van der Waals surface area contributed by atoms with Gasteiger partial charge < -0.3 is 16.0 Å². The van der Waals surface area contributed by atoms with Gasteiger partial charge in [-0.25, -0.2) is 13.1 Å². The van der Waals surface area contributed by atoms with Crippen molar-refractivity contribution in [3.63, 3.8) is 0 Å². The molecule has 0 fully saturated rings. The second kappa shape index (κ2) is 4.71. The Bertz CT molecular complexity index is 554. The van der Waals surface area contributed by atoms with E-state index in [-0.39, 0.29) is 17.1 Å². The van der Waals surface area contributed by atoms with E-state index in [9.17, 15) is 13.2 Å². The predicted octanol–water partition coefficient (Wildman–Crippen LogP) is -0.860. The van der Waals surface area contributed by atoms with Crippen molar-refractivity contribution >= 4 is 15.9 Å². The number of amides is 1. The van der Waals surface area contributed by atoms with Crippen LogP contribution >= 0.6 is 0 Å². The van der Waals surface area contributed by atoms with Crippen molar-refractivity contribution in [2.75, 3.05) is 6.54 Å². The van der Waals surface area contributed by atoms with Gasteiger partial charge in [0, 0.05) is 25.3 Å². The monoisotopic (exact) mass is 274 g/mol. The van der Waals surface area contributed by atoms with Crippen LogP contribution in [-0.2, 0) is 17.1 Å². The van der Waals surface area contributed by atoms with Gasteiger partial charge in [0.1, 0.15) is 10.6 Å². The topological polar surface area (TPSA) is 120 Å². The summed E-state index contributed by atoms with van der Waals surface area (Å²) in [6.45, 7) is 3.50. The van der Waals surface area contributed by atoms with E-state index in [1.54, 1.807) is 20.9 Å². The van der Waals surface area contributed by atoms with E-state index >= 15 is 0 Å². The second-order valence-electron chi connectivity index (χ2n) is 4.85. The molecule has 1 aromatic heterocycles. The van der Waals surface area contributed by atoms with Crippen LogP contribution in [0.25, 0.3) is 0 Å². The zero-order chi connectivity index (χ0) is 14.1. The number of hydrogen-bond donors (Lipinski definition) is 3. The fraction of sp³-hybridized carbons (Fsp3) is 0.500. The zero-order valence-corrected chi connectivity index (χ0v) is 11.4. The highest BCUT2D eigenvalue weighted by Crippen LogP contribution is 2.13. The number of nitrogens with zero attached hydrogens (tertiary/aromatic N) is 1. The van der Waals surface area contributed by atoms with Gasteiger partial charge >= 0.3 is 0 Å². The van der Waals surface area contributed by atoms with Crippen LogP contribution < -0.4 is 16.2 Å². The molecule has 0 saturated heterocycles. The smallest absolute Gasteiger partial charge is 0.265 e. The van der Waals surface area contributed by atoms with Gasteiger partial charge in [0.05, 0.1) is 0 Å². The Hall–Kier alpha value is -1.38. The molecule has 102 valence electrons. The maximum Gasteiger partial charge on any atom is 0.265 e. The molecule has 5 N–H and O–H groups in total. The minimum atomic E-state index is -3.69. The van der Waals surface area contributed by atoms with Gasteiger partial charge in [0.2, 0.25) is 10.0 Å². The summed E-state index contributed by atoms with van der Waals surface area (Å²) in [7, 11) is -2.14. The minimum absolute atomic E-state index is 0.0111. The molecule has 0 radical (unpaired) electrons. The highest BCUT2D eigenvalue weighted by molar-refractivity contribution is 7.89. The number of nitrogens with two attached hydrogens (primary N) is 2. The fourth-order valence-electron chi connectivity index (χ4n) is 1.29. The average molecular weight is 274 g/mol. The van der Waals surface area contributed by atoms with Gasteiger partial charge in [-0.05, 0) is 19.9 Å². The number of carbonyl (C=O) groups is 1. The fourth-order valence-corrected chi connectivity index (χ4v) is 2.58. The van der Waals surface area contributed by atoms with Crippen molar-refractivity contribution in [2.24, 2.45) is 18.5 Å². The van der Waals surface area contributed by atoms with Crippen LogP contribution in [0.2, 0.25) is 0 Å². The summed E-state index contributed by atoms with van der Waals surface area (Å²) >= 11 is 0. The van der Waals surface area contributed by atoms with Gasteiger partial charge in [-0.2, -0.15) is 0 Å². The molecule has 1 amide bonds. The normalized spacial score (nSPS) is 12.7. The maximum absolute atomic E-state index is 11.9. The number of rotatable bonds is 5. The first-order chi connectivity index (χ1) is 8.03. The predicted molar refractivity (Wildman–Crippen MR) is 67.4 cm³/mol. The number of hydrogen-bond acceptors (Lipinski definition) is 4. The number of primary amides is 1. The van der Waals surface area contributed by atoms with Gasteiger partial charge in [0.25, 0.3) is 5.91 Å². The quantitative estimate of drug-likeness (QED) is 0.647. The summed E-state index contributed by atoms with van der Waals surface area (Å²) in [5.74, 6) is -0.682. The average Bonchev–Trinajstić information content (AvgIpc) is 2.57. The lowest BCUT2D eigenvalue weighted by Crippen LogP contribution is -2.44. The van der Waals surface area contributed by atoms with Crippen molar-refractivity contribution in [1.29, 1.82) is 0 Å². The SMILES string of the molecule is Cn1cc(S(=O)(=O)NCC(C)(C)N)cc1C(N)=O. The molecule has 0 saturated carbocycles. The number of aromatic nitrogens is 1. The van der Waals surface area contributed by atoms with E-state index in [1.807, 2.05) is 0 Å². The van der Waals surface area contributed by atoms with Crippen LogP contribution in [0, 0.1) is 0 Å². The van der Waals surface area contributed by atoms with Gasteiger partial charge in [-0.15, -0.1) is 0 Å². The van der Waals surface area contributed by atoms with E-state index in [0.29, 0.717) is 0 Å². The lowest BCUT2D eigenvalue weighted by atomic mass is 10.1. The molecule has 18 heavy (non-hydrogen) atoms. The molecule has 0 aliphatic rings. The van der Waals surface area contributed by atoms with Crippen molar-refractivity contribution in [3.05, 3.63) is 18.0 Å². The Morgan fingerprint density at radius 1 is 1.50 bits per heavy atom. The maximum atomic E-state index is 11.9. The number of aryl methyl sites for hydroxylation is 1. The van der Waals surface area contributed by atoms with Crippen LogP contribution in [0.4, 0.5) is 0 Å². The molecule has 0 spiro atoms. The molecule has 0 aliphatic heterocycles. The Balaban J connectivity index is 2.99. The Kier molecular flexibility index (Phi) is 3.84. The number of sulfonamides is 1. The van der Waals surface area contributed by atoms with Crippen LogP contribution in [0.1, 0.15) is 24.3 Å². The molecule has 0 aromatic carbocycles. The lowest BCUT2D eigenvalue weighted by molar-refractivity contribution is 0.0992. The number of carbonyl (C=O) groups excluding carboxylic acids is 1. The molecule has 1 rings (SSSR count). The second-order valence-corrected chi connectivity index (χ2v) is 6.62. The molecule has 0 unspecified atom stereocenters. The lowest BCUT2D eigenvalue weighted by Gasteiger charge is -2.18. The molecular formula is C10H18N4O3S. The summed E-state index contributed by atoms with van der Waals surface area (Å²) < 4.78 is 27.6. The van der Waals surface area contributed by atoms with E-state index in [4.69, 9.17) is 11.5 Å². The van der Waals surface area contributed by atoms with E-state index in [2.05, 4.69) is 4.72 Å². The van der Waals surface area contributed by atoms with E-state index in [1.165, 1.54) is 16.8 Å². The zero-order valence-electron chi connectivity index (χ0n) is 10.6. The molecule has 0 bridgehead atoms. The van der Waals surface area contributed by atoms with Crippen LogP contribution in [0.5, 0.6) is 0 Å². The molecule has 8 heteroatoms. The van der Waals surface area contributed by atoms with Crippen molar-refractivity contribution in [1.82, 2.24) is 9.29 Å². The Morgan fingerprint density at radius 2 is 2.06 bits per heavy atom. The van der Waals surface area contributed by atoms with Gasteiger partial charge in [-0.1, -0.05) is 0 Å². The first-order valence-corrected chi connectivity index (χ1v) is 6.76. The summed E-state index contributed by atoms with van der Waals surface area (Å²) in [6, 6.07) is 1.23. The van der Waals surface area contributed by atoms with E-state index < -0.39 is 21.5 Å². The highest BCUT2D eigenvalue weighted by Gasteiger charge is 2.21. The molecule has 0 atom stereocenters.